The Morgan fingerprint density at radius 1 is 1.43 bits per heavy atom. The molecule has 114 valence electrons. The number of benzene rings is 1. The number of halogens is 4. The summed E-state index contributed by atoms with van der Waals surface area (Å²) in [6.45, 7) is 1.61. The van der Waals surface area contributed by atoms with E-state index in [2.05, 4.69) is 21.4 Å². The molecule has 0 fully saturated rings. The van der Waals surface area contributed by atoms with Crippen molar-refractivity contribution in [3.05, 3.63) is 46.1 Å². The molecule has 0 saturated heterocycles. The van der Waals surface area contributed by atoms with Gasteiger partial charge in [-0.3, -0.25) is 10.2 Å². The van der Waals surface area contributed by atoms with Crippen LogP contribution in [0.1, 0.15) is 23.7 Å². The molecule has 1 amide bonds. The molecule has 1 aliphatic heterocycles. The molecule has 2 N–H and O–H groups in total. The van der Waals surface area contributed by atoms with E-state index in [9.17, 15) is 23.1 Å². The van der Waals surface area contributed by atoms with E-state index in [4.69, 9.17) is 0 Å². The number of rotatable bonds is 2. The molecule has 2 rings (SSSR count). The summed E-state index contributed by atoms with van der Waals surface area (Å²) in [6.07, 6.45) is -4.19. The smallest absolute Gasteiger partial charge is 0.359 e. The highest BCUT2D eigenvalue weighted by Gasteiger charge is 2.61. The van der Waals surface area contributed by atoms with Crippen molar-refractivity contribution in [2.75, 3.05) is 0 Å². The number of nitrogens with one attached hydrogen (secondary N) is 1. The fourth-order valence-corrected chi connectivity index (χ4v) is 2.37. The van der Waals surface area contributed by atoms with Crippen molar-refractivity contribution < 1.29 is 23.1 Å². The minimum atomic E-state index is -5.02. The Kier molecular flexibility index (Phi) is 4.03. The van der Waals surface area contributed by atoms with Gasteiger partial charge in [0.2, 0.25) is 0 Å². The molecule has 0 aromatic heterocycles. The molecule has 4 nitrogen and oxygen atoms in total. The Morgan fingerprint density at radius 3 is 2.57 bits per heavy atom. The molecular formula is C13H12BrF3N2O2. The van der Waals surface area contributed by atoms with Crippen molar-refractivity contribution in [3.63, 3.8) is 0 Å². The van der Waals surface area contributed by atoms with E-state index < -0.39 is 17.8 Å². The molecule has 1 aliphatic rings. The summed E-state index contributed by atoms with van der Waals surface area (Å²) < 4.78 is 39.8. The van der Waals surface area contributed by atoms with Gasteiger partial charge in [0, 0.05) is 10.2 Å². The molecule has 0 bridgehead atoms. The third-order valence-electron chi connectivity index (χ3n) is 3.08. The lowest BCUT2D eigenvalue weighted by atomic mass is 10.1. The van der Waals surface area contributed by atoms with Gasteiger partial charge in [-0.2, -0.15) is 13.2 Å². The van der Waals surface area contributed by atoms with Crippen LogP contribution in [0.15, 0.2) is 40.5 Å². The topological polar surface area (TPSA) is 52.6 Å². The van der Waals surface area contributed by atoms with Gasteiger partial charge in [-0.1, -0.05) is 19.1 Å². The van der Waals surface area contributed by atoms with E-state index in [0.717, 1.165) is 0 Å². The lowest BCUT2D eigenvalue weighted by Gasteiger charge is -2.34. The van der Waals surface area contributed by atoms with Crippen molar-refractivity contribution in [3.8, 4) is 0 Å². The maximum Gasteiger partial charge on any atom is 0.442 e. The standard InChI is InChI=1S/C13H12BrF3N2O2/c1-2-8-7-12(21,13(15,16)17)19(18-8)11(20)9-5-3-4-6-10(9)14/h3-7,18,21H,2H2,1H3/t12-/m1/s1. The van der Waals surface area contributed by atoms with Crippen LogP contribution >= 0.6 is 15.9 Å². The quantitative estimate of drug-likeness (QED) is 0.848. The molecule has 0 aliphatic carbocycles. The van der Waals surface area contributed by atoms with Gasteiger partial charge in [-0.15, -0.1) is 0 Å². The zero-order chi connectivity index (χ0) is 15.8. The highest BCUT2D eigenvalue weighted by Crippen LogP contribution is 2.39. The molecule has 1 atom stereocenters. The largest absolute Gasteiger partial charge is 0.442 e. The van der Waals surface area contributed by atoms with E-state index in [0.29, 0.717) is 10.5 Å². The van der Waals surface area contributed by atoms with E-state index in [1.165, 1.54) is 18.2 Å². The van der Waals surface area contributed by atoms with Gasteiger partial charge in [0.15, 0.2) is 0 Å². The van der Waals surface area contributed by atoms with Crippen LogP contribution in [0.3, 0.4) is 0 Å². The van der Waals surface area contributed by atoms with E-state index >= 15 is 0 Å². The number of allylic oxidation sites excluding steroid dienone is 1. The minimum Gasteiger partial charge on any atom is -0.359 e. The van der Waals surface area contributed by atoms with Crippen molar-refractivity contribution in [2.24, 2.45) is 0 Å². The first-order chi connectivity index (χ1) is 9.70. The third-order valence-corrected chi connectivity index (χ3v) is 3.77. The second-order valence-electron chi connectivity index (χ2n) is 4.48. The van der Waals surface area contributed by atoms with Crippen LogP contribution in [0.4, 0.5) is 13.2 Å². The van der Waals surface area contributed by atoms with Crippen LogP contribution in [0.25, 0.3) is 0 Å². The van der Waals surface area contributed by atoms with Crippen LogP contribution in [-0.2, 0) is 0 Å². The molecule has 1 aromatic carbocycles. The number of hydrazine groups is 1. The first-order valence-electron chi connectivity index (χ1n) is 6.07. The van der Waals surface area contributed by atoms with Crippen LogP contribution < -0.4 is 5.43 Å². The van der Waals surface area contributed by atoms with E-state index in [1.807, 2.05) is 0 Å². The summed E-state index contributed by atoms with van der Waals surface area (Å²) in [6, 6.07) is 6.05. The molecule has 0 spiro atoms. The second-order valence-corrected chi connectivity index (χ2v) is 5.33. The Morgan fingerprint density at radius 2 is 2.05 bits per heavy atom. The number of hydrogen-bond acceptors (Lipinski definition) is 3. The number of carbonyl (C=O) groups is 1. The maximum absolute atomic E-state index is 13.1. The summed E-state index contributed by atoms with van der Waals surface area (Å²) in [7, 11) is 0. The van der Waals surface area contributed by atoms with Gasteiger partial charge < -0.3 is 5.11 Å². The number of aliphatic hydroxyl groups is 1. The van der Waals surface area contributed by atoms with Gasteiger partial charge in [-0.05, 0) is 40.6 Å². The summed E-state index contributed by atoms with van der Waals surface area (Å²) in [5, 5.41) is 10.1. The van der Waals surface area contributed by atoms with Gasteiger partial charge in [0.05, 0.1) is 5.56 Å². The van der Waals surface area contributed by atoms with Crippen molar-refractivity contribution >= 4 is 21.8 Å². The number of nitrogens with zero attached hydrogens (tertiary/aromatic N) is 1. The lowest BCUT2D eigenvalue weighted by molar-refractivity contribution is -0.283. The molecule has 0 radical (unpaired) electrons. The second kappa shape index (κ2) is 5.34. The molecule has 0 unspecified atom stereocenters. The Bertz CT molecular complexity index is 603. The molecular weight excluding hydrogens is 353 g/mol. The normalized spacial score (nSPS) is 22.0. The highest BCUT2D eigenvalue weighted by atomic mass is 79.9. The summed E-state index contributed by atoms with van der Waals surface area (Å²) in [4.78, 5) is 12.3. The number of amides is 1. The predicted octanol–water partition coefficient (Wildman–Crippen LogP) is 2.95. The fourth-order valence-electron chi connectivity index (χ4n) is 1.92. The average Bonchev–Trinajstić information content (AvgIpc) is 2.77. The molecule has 0 saturated carbocycles. The first-order valence-corrected chi connectivity index (χ1v) is 6.86. The Balaban J connectivity index is 2.44. The number of hydrogen-bond donors (Lipinski definition) is 2. The zero-order valence-corrected chi connectivity index (χ0v) is 12.5. The average molecular weight is 365 g/mol. The van der Waals surface area contributed by atoms with Gasteiger partial charge >= 0.3 is 6.18 Å². The molecule has 21 heavy (non-hydrogen) atoms. The number of carbonyl (C=O) groups excluding carboxylic acids is 1. The number of alkyl halides is 3. The van der Waals surface area contributed by atoms with Crippen LogP contribution in [0.2, 0.25) is 0 Å². The predicted molar refractivity (Wildman–Crippen MR) is 72.8 cm³/mol. The molecule has 1 heterocycles. The Hall–Kier alpha value is -1.54. The first kappa shape index (κ1) is 15.8. The van der Waals surface area contributed by atoms with Gasteiger partial charge in [0.25, 0.3) is 11.6 Å². The summed E-state index contributed by atoms with van der Waals surface area (Å²) >= 11 is 3.11. The van der Waals surface area contributed by atoms with Crippen LogP contribution in [-0.4, -0.2) is 27.9 Å². The van der Waals surface area contributed by atoms with E-state index in [1.54, 1.807) is 13.0 Å². The summed E-state index contributed by atoms with van der Waals surface area (Å²) in [5.74, 6) is -0.984. The summed E-state index contributed by atoms with van der Waals surface area (Å²) in [5.41, 5.74) is -0.920. The zero-order valence-electron chi connectivity index (χ0n) is 10.9. The van der Waals surface area contributed by atoms with Gasteiger partial charge in [-0.25, -0.2) is 5.01 Å². The van der Waals surface area contributed by atoms with Crippen LogP contribution in [0, 0.1) is 0 Å². The van der Waals surface area contributed by atoms with Crippen molar-refractivity contribution in [1.82, 2.24) is 10.4 Å². The monoisotopic (exact) mass is 364 g/mol. The van der Waals surface area contributed by atoms with Gasteiger partial charge in [0.1, 0.15) is 0 Å². The van der Waals surface area contributed by atoms with E-state index in [-0.39, 0.29) is 22.7 Å². The fraction of sp³-hybridized carbons (Fsp3) is 0.308. The highest BCUT2D eigenvalue weighted by molar-refractivity contribution is 9.10. The SMILES string of the molecule is CCC1=C[C@@](O)(C(F)(F)F)N(C(=O)c2ccccc2Br)N1. The van der Waals surface area contributed by atoms with Crippen LogP contribution in [0.5, 0.6) is 0 Å². The lowest BCUT2D eigenvalue weighted by Crippen LogP contribution is -2.60. The third kappa shape index (κ3) is 2.65. The molecule has 1 aromatic rings. The molecule has 8 heteroatoms. The Labute approximate surface area is 127 Å². The van der Waals surface area contributed by atoms with Crippen molar-refractivity contribution in [2.45, 2.75) is 25.2 Å². The minimum absolute atomic E-state index is 0.0124. The maximum atomic E-state index is 13.1. The van der Waals surface area contributed by atoms with Crippen molar-refractivity contribution in [1.29, 1.82) is 0 Å².